The summed E-state index contributed by atoms with van der Waals surface area (Å²) >= 11 is 0. The number of nitrogens with zero attached hydrogens (tertiary/aromatic N) is 3. The zero-order valence-corrected chi connectivity index (χ0v) is 21.8. The van der Waals surface area contributed by atoms with E-state index in [-0.39, 0.29) is 35.8 Å². The highest BCUT2D eigenvalue weighted by atomic mass is 127. The fraction of sp³-hybridized carbons (Fsp3) is 0.667. The predicted molar refractivity (Wildman–Crippen MR) is 141 cm³/mol. The minimum absolute atomic E-state index is 0. The molecular formula is C24H40IN5O2. The van der Waals surface area contributed by atoms with Gasteiger partial charge in [-0.1, -0.05) is 43.2 Å². The number of ether oxygens (including phenoxy) is 1. The van der Waals surface area contributed by atoms with Gasteiger partial charge in [0.15, 0.2) is 5.96 Å². The number of carbonyl (C=O) groups excluding carboxylic acids is 1. The molecule has 2 aliphatic heterocycles. The Balaban J connectivity index is 0.00000363. The molecule has 0 aromatic heterocycles. The standard InChI is InChI=1S/C24H39N5O2.HI/c1-25-24(26-12-9-15-28-13-7-2-3-8-14-28)27-20-22(21-10-5-4-6-11-21)23(30)29-16-18-31-19-17-29;/h4-6,10-11,22H,2-3,7-9,12-20H2,1H3,(H2,25,26,27);1H. The molecule has 2 aliphatic rings. The van der Waals surface area contributed by atoms with E-state index in [1.807, 2.05) is 35.2 Å². The molecule has 1 aromatic rings. The summed E-state index contributed by atoms with van der Waals surface area (Å²) in [4.78, 5) is 22.1. The number of nitrogens with one attached hydrogen (secondary N) is 2. The van der Waals surface area contributed by atoms with Crippen LogP contribution in [0, 0.1) is 0 Å². The Morgan fingerprint density at radius 2 is 1.72 bits per heavy atom. The number of aliphatic imine (C=N–C) groups is 1. The van der Waals surface area contributed by atoms with Gasteiger partial charge in [0.05, 0.1) is 19.1 Å². The van der Waals surface area contributed by atoms with Crippen molar-refractivity contribution in [3.8, 4) is 0 Å². The molecule has 8 heteroatoms. The smallest absolute Gasteiger partial charge is 0.232 e. The molecule has 0 aliphatic carbocycles. The Morgan fingerprint density at radius 3 is 2.38 bits per heavy atom. The molecule has 2 heterocycles. The molecule has 1 amide bonds. The van der Waals surface area contributed by atoms with Crippen LogP contribution in [0.3, 0.4) is 0 Å². The van der Waals surface area contributed by atoms with Crippen LogP contribution in [-0.4, -0.2) is 87.7 Å². The first kappa shape index (κ1) is 26.9. The van der Waals surface area contributed by atoms with Gasteiger partial charge in [-0.15, -0.1) is 24.0 Å². The lowest BCUT2D eigenvalue weighted by molar-refractivity contribution is -0.136. The number of halogens is 1. The van der Waals surface area contributed by atoms with E-state index in [1.165, 1.54) is 38.8 Å². The predicted octanol–water partition coefficient (Wildman–Crippen LogP) is 2.68. The normalized spacial score (nSPS) is 18.9. The number of guanidine groups is 1. The highest BCUT2D eigenvalue weighted by Gasteiger charge is 2.27. The summed E-state index contributed by atoms with van der Waals surface area (Å²) in [7, 11) is 1.78. The van der Waals surface area contributed by atoms with Crippen molar-refractivity contribution in [3.05, 3.63) is 35.9 Å². The molecule has 0 saturated carbocycles. The average molecular weight is 558 g/mol. The fourth-order valence-corrected chi connectivity index (χ4v) is 4.33. The third kappa shape index (κ3) is 8.86. The summed E-state index contributed by atoms with van der Waals surface area (Å²) in [5.74, 6) is 0.667. The summed E-state index contributed by atoms with van der Waals surface area (Å²) in [6.07, 6.45) is 6.49. The zero-order chi connectivity index (χ0) is 21.7. The molecule has 0 spiro atoms. The number of hydrogen-bond acceptors (Lipinski definition) is 4. The monoisotopic (exact) mass is 557 g/mol. The van der Waals surface area contributed by atoms with E-state index >= 15 is 0 Å². The molecule has 7 nitrogen and oxygen atoms in total. The molecule has 2 saturated heterocycles. The molecule has 1 atom stereocenters. The minimum atomic E-state index is -0.241. The quantitative estimate of drug-likeness (QED) is 0.223. The van der Waals surface area contributed by atoms with Crippen molar-refractivity contribution >= 4 is 35.8 Å². The number of amides is 1. The molecule has 2 fully saturated rings. The molecule has 1 aromatic carbocycles. The molecule has 3 rings (SSSR count). The van der Waals surface area contributed by atoms with E-state index in [4.69, 9.17) is 4.74 Å². The van der Waals surface area contributed by atoms with Gasteiger partial charge in [-0.25, -0.2) is 0 Å². The molecule has 0 bridgehead atoms. The maximum Gasteiger partial charge on any atom is 0.232 e. The second-order valence-electron chi connectivity index (χ2n) is 8.39. The lowest BCUT2D eigenvalue weighted by Gasteiger charge is -2.31. The van der Waals surface area contributed by atoms with Crippen molar-refractivity contribution in [1.82, 2.24) is 20.4 Å². The molecule has 2 N–H and O–H groups in total. The molecular weight excluding hydrogens is 517 g/mol. The Morgan fingerprint density at radius 1 is 1.03 bits per heavy atom. The van der Waals surface area contributed by atoms with Gasteiger partial charge in [0.1, 0.15) is 0 Å². The van der Waals surface area contributed by atoms with E-state index in [0.717, 1.165) is 31.0 Å². The maximum atomic E-state index is 13.2. The van der Waals surface area contributed by atoms with Gasteiger partial charge in [-0.3, -0.25) is 9.79 Å². The van der Waals surface area contributed by atoms with E-state index in [9.17, 15) is 4.79 Å². The van der Waals surface area contributed by atoms with Gasteiger partial charge < -0.3 is 25.2 Å². The third-order valence-corrected chi connectivity index (χ3v) is 6.16. The number of carbonyl (C=O) groups is 1. The second kappa shape index (κ2) is 15.4. The van der Waals surface area contributed by atoms with Crippen molar-refractivity contribution in [2.75, 3.05) is 66.1 Å². The molecule has 180 valence electrons. The Bertz CT molecular complexity index is 674. The van der Waals surface area contributed by atoms with Crippen LogP contribution in [0.4, 0.5) is 0 Å². The number of likely N-dealkylation sites (tertiary alicyclic amines) is 1. The van der Waals surface area contributed by atoms with Gasteiger partial charge in [0.2, 0.25) is 5.91 Å². The molecule has 1 unspecified atom stereocenters. The van der Waals surface area contributed by atoms with Crippen LogP contribution in [0.15, 0.2) is 35.3 Å². The van der Waals surface area contributed by atoms with Gasteiger partial charge in [0, 0.05) is 33.2 Å². The Kier molecular flexibility index (Phi) is 13.0. The van der Waals surface area contributed by atoms with Gasteiger partial charge in [-0.05, 0) is 44.5 Å². The summed E-state index contributed by atoms with van der Waals surface area (Å²) in [6, 6.07) is 10.0. The number of benzene rings is 1. The van der Waals surface area contributed by atoms with Crippen LogP contribution in [0.25, 0.3) is 0 Å². The first-order chi connectivity index (χ1) is 15.3. The lowest BCUT2D eigenvalue weighted by Crippen LogP contribution is -2.47. The van der Waals surface area contributed by atoms with Crippen molar-refractivity contribution in [2.24, 2.45) is 4.99 Å². The number of morpholine rings is 1. The largest absolute Gasteiger partial charge is 0.378 e. The lowest BCUT2D eigenvalue weighted by atomic mass is 9.97. The van der Waals surface area contributed by atoms with Crippen molar-refractivity contribution < 1.29 is 9.53 Å². The number of rotatable bonds is 8. The Labute approximate surface area is 210 Å². The Hall–Kier alpha value is -1.39. The molecule has 0 radical (unpaired) electrons. The summed E-state index contributed by atoms with van der Waals surface area (Å²) in [5, 5.41) is 6.80. The van der Waals surface area contributed by atoms with Crippen LogP contribution in [0.1, 0.15) is 43.6 Å². The summed E-state index contributed by atoms with van der Waals surface area (Å²) < 4.78 is 5.41. The third-order valence-electron chi connectivity index (χ3n) is 6.16. The number of hydrogen-bond donors (Lipinski definition) is 2. The second-order valence-corrected chi connectivity index (χ2v) is 8.39. The van der Waals surface area contributed by atoms with E-state index in [2.05, 4.69) is 20.5 Å². The summed E-state index contributed by atoms with van der Waals surface area (Å²) in [5.41, 5.74) is 1.03. The first-order valence-electron chi connectivity index (χ1n) is 11.9. The fourth-order valence-electron chi connectivity index (χ4n) is 4.33. The zero-order valence-electron chi connectivity index (χ0n) is 19.4. The van der Waals surface area contributed by atoms with E-state index < -0.39 is 0 Å². The van der Waals surface area contributed by atoms with E-state index in [1.54, 1.807) is 7.05 Å². The molecule has 32 heavy (non-hydrogen) atoms. The van der Waals surface area contributed by atoms with Crippen LogP contribution < -0.4 is 10.6 Å². The SMILES string of the molecule is CN=C(NCCCN1CCCCCC1)NCC(C(=O)N1CCOCC1)c1ccccc1.I. The van der Waals surface area contributed by atoms with Crippen molar-refractivity contribution in [3.63, 3.8) is 0 Å². The first-order valence-corrected chi connectivity index (χ1v) is 11.9. The van der Waals surface area contributed by atoms with E-state index in [0.29, 0.717) is 32.8 Å². The van der Waals surface area contributed by atoms with Crippen LogP contribution >= 0.6 is 24.0 Å². The highest BCUT2D eigenvalue weighted by Crippen LogP contribution is 2.19. The van der Waals surface area contributed by atoms with Crippen molar-refractivity contribution in [2.45, 2.75) is 38.0 Å². The van der Waals surface area contributed by atoms with Gasteiger partial charge >= 0.3 is 0 Å². The average Bonchev–Trinajstić information content (AvgIpc) is 3.10. The maximum absolute atomic E-state index is 13.2. The summed E-state index contributed by atoms with van der Waals surface area (Å²) in [6.45, 7) is 7.53. The highest BCUT2D eigenvalue weighted by molar-refractivity contribution is 14.0. The van der Waals surface area contributed by atoms with Crippen LogP contribution in [0.5, 0.6) is 0 Å². The van der Waals surface area contributed by atoms with Crippen molar-refractivity contribution in [1.29, 1.82) is 0 Å². The van der Waals surface area contributed by atoms with Crippen LogP contribution in [-0.2, 0) is 9.53 Å². The van der Waals surface area contributed by atoms with Gasteiger partial charge in [0.25, 0.3) is 0 Å². The van der Waals surface area contributed by atoms with Crippen LogP contribution in [0.2, 0.25) is 0 Å². The topological polar surface area (TPSA) is 69.2 Å². The van der Waals surface area contributed by atoms with Gasteiger partial charge in [-0.2, -0.15) is 0 Å². The minimum Gasteiger partial charge on any atom is -0.378 e.